The molecule has 3 atom stereocenters. The predicted octanol–water partition coefficient (Wildman–Crippen LogP) is 2.30. The molecule has 0 amide bonds. The van der Waals surface area contributed by atoms with E-state index in [0.717, 1.165) is 19.3 Å². The van der Waals surface area contributed by atoms with Gasteiger partial charge in [0.1, 0.15) is 5.60 Å². The number of hydrogen-bond donors (Lipinski definition) is 0. The summed E-state index contributed by atoms with van der Waals surface area (Å²) >= 11 is 0. The van der Waals surface area contributed by atoms with Crippen molar-refractivity contribution >= 4 is 5.97 Å². The van der Waals surface area contributed by atoms with Gasteiger partial charge in [0.2, 0.25) is 0 Å². The number of ether oxygens (including phenoxy) is 3. The maximum atomic E-state index is 12.1. The van der Waals surface area contributed by atoms with Crippen molar-refractivity contribution in [2.45, 2.75) is 63.8 Å². The molecule has 0 aromatic heterocycles. The van der Waals surface area contributed by atoms with E-state index in [9.17, 15) is 4.79 Å². The molecule has 2 rings (SSSR count). The molecule has 2 heterocycles. The highest BCUT2D eigenvalue weighted by Crippen LogP contribution is 2.61. The summed E-state index contributed by atoms with van der Waals surface area (Å²) in [6.07, 6.45) is 2.47. The van der Waals surface area contributed by atoms with Crippen LogP contribution >= 0.6 is 0 Å². The third-order valence-electron chi connectivity index (χ3n) is 4.66. The molecule has 0 saturated carbocycles. The molecule has 2 aliphatic rings. The summed E-state index contributed by atoms with van der Waals surface area (Å²) < 4.78 is 16.8. The van der Waals surface area contributed by atoms with Gasteiger partial charge in [-0.15, -0.1) is 0 Å². The molecule has 18 heavy (non-hydrogen) atoms. The Morgan fingerprint density at radius 3 is 2.61 bits per heavy atom. The van der Waals surface area contributed by atoms with Gasteiger partial charge in [-0.25, -0.2) is 4.79 Å². The van der Waals surface area contributed by atoms with Gasteiger partial charge in [-0.1, -0.05) is 20.8 Å². The Balaban J connectivity index is 2.26. The van der Waals surface area contributed by atoms with Crippen LogP contribution in [-0.2, 0) is 19.0 Å². The molecule has 2 fully saturated rings. The number of rotatable bonds is 3. The number of hydrogen-bond acceptors (Lipinski definition) is 4. The van der Waals surface area contributed by atoms with Gasteiger partial charge in [0.25, 0.3) is 0 Å². The summed E-state index contributed by atoms with van der Waals surface area (Å²) in [4.78, 5) is 12.1. The van der Waals surface area contributed by atoms with E-state index in [1.807, 2.05) is 13.8 Å². The fourth-order valence-corrected chi connectivity index (χ4v) is 3.38. The first-order chi connectivity index (χ1) is 8.36. The van der Waals surface area contributed by atoms with Crippen molar-refractivity contribution < 1.29 is 19.0 Å². The number of epoxide rings is 1. The minimum atomic E-state index is -0.762. The molecule has 0 radical (unpaired) electrons. The van der Waals surface area contributed by atoms with Crippen molar-refractivity contribution in [1.29, 1.82) is 0 Å². The molecule has 4 nitrogen and oxygen atoms in total. The Hall–Kier alpha value is -0.610. The first-order valence-corrected chi connectivity index (χ1v) is 6.78. The third kappa shape index (κ3) is 1.69. The van der Waals surface area contributed by atoms with Crippen LogP contribution in [0, 0.1) is 5.92 Å². The summed E-state index contributed by atoms with van der Waals surface area (Å²) in [6.45, 7) is 8.89. The van der Waals surface area contributed by atoms with Crippen LogP contribution in [-0.4, -0.2) is 36.5 Å². The Kier molecular flexibility index (Phi) is 3.23. The first kappa shape index (κ1) is 13.8. The van der Waals surface area contributed by atoms with E-state index >= 15 is 0 Å². The molecule has 2 aliphatic heterocycles. The van der Waals surface area contributed by atoms with Crippen molar-refractivity contribution in [3.05, 3.63) is 0 Å². The van der Waals surface area contributed by atoms with Gasteiger partial charge in [-0.3, -0.25) is 0 Å². The van der Waals surface area contributed by atoms with E-state index in [-0.39, 0.29) is 23.1 Å². The molecule has 0 N–H and O–H groups in total. The van der Waals surface area contributed by atoms with Gasteiger partial charge < -0.3 is 14.2 Å². The monoisotopic (exact) mass is 256 g/mol. The van der Waals surface area contributed by atoms with Crippen LogP contribution in [0.15, 0.2) is 0 Å². The van der Waals surface area contributed by atoms with Crippen LogP contribution in [0.25, 0.3) is 0 Å². The fourth-order valence-electron chi connectivity index (χ4n) is 3.38. The van der Waals surface area contributed by atoms with Crippen molar-refractivity contribution in [2.75, 3.05) is 13.7 Å². The number of carbonyl (C=O) groups excluding carboxylic acids is 1. The van der Waals surface area contributed by atoms with Crippen molar-refractivity contribution in [2.24, 2.45) is 5.92 Å². The SMILES string of the molecule is CCC1(C)CC2(CCO1)OC2(C(=O)OC)C(C)C. The van der Waals surface area contributed by atoms with Crippen molar-refractivity contribution in [3.8, 4) is 0 Å². The quantitative estimate of drug-likeness (QED) is 0.574. The molecule has 3 unspecified atom stereocenters. The Bertz CT molecular complexity index is 354. The predicted molar refractivity (Wildman–Crippen MR) is 67.3 cm³/mol. The van der Waals surface area contributed by atoms with E-state index in [4.69, 9.17) is 14.2 Å². The highest BCUT2D eigenvalue weighted by molar-refractivity contribution is 5.85. The van der Waals surface area contributed by atoms with E-state index in [2.05, 4.69) is 13.8 Å². The lowest BCUT2D eigenvalue weighted by Gasteiger charge is -2.38. The van der Waals surface area contributed by atoms with Gasteiger partial charge in [0.05, 0.1) is 19.3 Å². The van der Waals surface area contributed by atoms with E-state index in [0.29, 0.717) is 6.61 Å². The fraction of sp³-hybridized carbons (Fsp3) is 0.929. The number of esters is 1. The van der Waals surface area contributed by atoms with Crippen molar-refractivity contribution in [3.63, 3.8) is 0 Å². The number of methoxy groups -OCH3 is 1. The van der Waals surface area contributed by atoms with Crippen LogP contribution in [0.4, 0.5) is 0 Å². The maximum Gasteiger partial charge on any atom is 0.341 e. The molecule has 0 aromatic carbocycles. The summed E-state index contributed by atoms with van der Waals surface area (Å²) in [5.74, 6) is -0.123. The average Bonchev–Trinajstić information content (AvgIpc) is 2.97. The van der Waals surface area contributed by atoms with Crippen LogP contribution in [0.2, 0.25) is 0 Å². The second-order valence-corrected chi connectivity index (χ2v) is 6.06. The Morgan fingerprint density at radius 1 is 1.44 bits per heavy atom. The molecule has 4 heteroatoms. The van der Waals surface area contributed by atoms with Gasteiger partial charge in [0.15, 0.2) is 5.60 Å². The molecular formula is C14H24O4. The summed E-state index contributed by atoms with van der Waals surface area (Å²) in [7, 11) is 1.43. The van der Waals surface area contributed by atoms with E-state index in [1.54, 1.807) is 0 Å². The Labute approximate surface area is 109 Å². The molecular weight excluding hydrogens is 232 g/mol. The molecule has 0 bridgehead atoms. The standard InChI is InChI=1S/C14H24O4/c1-6-12(4)9-13(7-8-17-12)14(18-13,10(2)3)11(15)16-5/h10H,6-9H2,1-5H3. The lowest BCUT2D eigenvalue weighted by atomic mass is 9.74. The van der Waals surface area contributed by atoms with Gasteiger partial charge in [0, 0.05) is 12.8 Å². The minimum Gasteiger partial charge on any atom is -0.467 e. The normalized spacial score (nSPS) is 43.2. The third-order valence-corrected chi connectivity index (χ3v) is 4.66. The molecule has 104 valence electrons. The zero-order valence-electron chi connectivity index (χ0n) is 12.0. The first-order valence-electron chi connectivity index (χ1n) is 6.78. The highest BCUT2D eigenvalue weighted by atomic mass is 16.7. The van der Waals surface area contributed by atoms with Crippen LogP contribution < -0.4 is 0 Å². The Morgan fingerprint density at radius 2 is 2.11 bits per heavy atom. The molecule has 0 aliphatic carbocycles. The molecule has 0 aromatic rings. The second-order valence-electron chi connectivity index (χ2n) is 6.06. The maximum absolute atomic E-state index is 12.1. The minimum absolute atomic E-state index is 0.115. The van der Waals surface area contributed by atoms with Gasteiger partial charge >= 0.3 is 5.97 Å². The largest absolute Gasteiger partial charge is 0.467 e. The molecule has 1 spiro atoms. The summed E-state index contributed by atoms with van der Waals surface area (Å²) in [5, 5.41) is 0. The average molecular weight is 256 g/mol. The summed E-state index contributed by atoms with van der Waals surface area (Å²) in [5.41, 5.74) is -1.33. The zero-order chi connectivity index (χ0) is 13.6. The van der Waals surface area contributed by atoms with Crippen molar-refractivity contribution in [1.82, 2.24) is 0 Å². The highest BCUT2D eigenvalue weighted by Gasteiger charge is 2.78. The van der Waals surface area contributed by atoms with Gasteiger partial charge in [-0.05, 0) is 19.3 Å². The zero-order valence-corrected chi connectivity index (χ0v) is 12.0. The van der Waals surface area contributed by atoms with Gasteiger partial charge in [-0.2, -0.15) is 0 Å². The van der Waals surface area contributed by atoms with Crippen LogP contribution in [0.5, 0.6) is 0 Å². The molecule has 2 saturated heterocycles. The van der Waals surface area contributed by atoms with Crippen LogP contribution in [0.1, 0.15) is 47.0 Å². The smallest absolute Gasteiger partial charge is 0.341 e. The van der Waals surface area contributed by atoms with E-state index < -0.39 is 5.60 Å². The number of carbonyl (C=O) groups is 1. The topological polar surface area (TPSA) is 48.1 Å². The second kappa shape index (κ2) is 4.20. The van der Waals surface area contributed by atoms with E-state index in [1.165, 1.54) is 7.11 Å². The lowest BCUT2D eigenvalue weighted by molar-refractivity contribution is -0.149. The van der Waals surface area contributed by atoms with Crippen LogP contribution in [0.3, 0.4) is 0 Å². The lowest BCUT2D eigenvalue weighted by Crippen LogP contribution is -2.48. The summed E-state index contributed by atoms with van der Waals surface area (Å²) in [6, 6.07) is 0.